The van der Waals surface area contributed by atoms with Crippen molar-refractivity contribution < 1.29 is 28.6 Å². The third-order valence-electron chi connectivity index (χ3n) is 7.16. The maximum Gasteiger partial charge on any atom is 0.410 e. The molecule has 2 aliphatic rings. The number of piperidine rings is 1. The molecule has 2 aromatic rings. The molecular formula is C28H35N3O6. The molecule has 1 fully saturated rings. The highest BCUT2D eigenvalue weighted by Crippen LogP contribution is 2.27. The van der Waals surface area contributed by atoms with E-state index in [0.29, 0.717) is 32.5 Å². The predicted molar refractivity (Wildman–Crippen MR) is 139 cm³/mol. The smallest absolute Gasteiger partial charge is 0.410 e. The van der Waals surface area contributed by atoms with Gasteiger partial charge >= 0.3 is 18.1 Å². The number of esters is 1. The van der Waals surface area contributed by atoms with Gasteiger partial charge in [-0.1, -0.05) is 30.3 Å². The predicted octanol–water partition coefficient (Wildman–Crippen LogP) is 4.09. The number of carbonyl (C=O) groups is 3. The number of nitrogens with one attached hydrogen (secondary N) is 1. The van der Waals surface area contributed by atoms with E-state index >= 15 is 0 Å². The number of carbonyl (C=O) groups excluding carboxylic acids is 3. The van der Waals surface area contributed by atoms with Gasteiger partial charge in [0, 0.05) is 37.8 Å². The first kappa shape index (κ1) is 26.3. The third kappa shape index (κ3) is 5.98. The van der Waals surface area contributed by atoms with Crippen LogP contribution < -0.4 is 10.1 Å². The Balaban J connectivity index is 1.35. The van der Waals surface area contributed by atoms with Crippen molar-refractivity contribution in [1.82, 2.24) is 9.80 Å². The van der Waals surface area contributed by atoms with Gasteiger partial charge < -0.3 is 29.3 Å². The molecule has 0 aliphatic carbocycles. The van der Waals surface area contributed by atoms with Gasteiger partial charge in [-0.3, -0.25) is 0 Å². The van der Waals surface area contributed by atoms with Crippen molar-refractivity contribution in [3.8, 4) is 5.75 Å². The van der Waals surface area contributed by atoms with E-state index in [1.165, 1.54) is 7.11 Å². The number of aryl methyl sites for hydroxylation is 2. The van der Waals surface area contributed by atoms with Crippen LogP contribution in [-0.4, -0.2) is 73.9 Å². The van der Waals surface area contributed by atoms with Gasteiger partial charge in [0.2, 0.25) is 6.10 Å². The Morgan fingerprint density at radius 2 is 1.73 bits per heavy atom. The van der Waals surface area contributed by atoms with Crippen LogP contribution in [0, 0.1) is 13.8 Å². The lowest BCUT2D eigenvalue weighted by Gasteiger charge is -2.37. The Kier molecular flexibility index (Phi) is 8.21. The summed E-state index contributed by atoms with van der Waals surface area (Å²) in [6.07, 6.45) is 0.648. The van der Waals surface area contributed by atoms with Crippen molar-refractivity contribution in [1.29, 1.82) is 0 Å². The van der Waals surface area contributed by atoms with Gasteiger partial charge in [0.1, 0.15) is 5.75 Å². The van der Waals surface area contributed by atoms with E-state index < -0.39 is 18.2 Å². The number of likely N-dealkylation sites (tertiary alicyclic amines) is 1. The Morgan fingerprint density at radius 1 is 1.05 bits per heavy atom. The molecule has 1 unspecified atom stereocenters. The third-order valence-corrected chi connectivity index (χ3v) is 7.16. The van der Waals surface area contributed by atoms with E-state index in [4.69, 9.17) is 14.2 Å². The zero-order valence-electron chi connectivity index (χ0n) is 21.9. The second-order valence-corrected chi connectivity index (χ2v) is 9.61. The van der Waals surface area contributed by atoms with Crippen LogP contribution in [0.15, 0.2) is 36.4 Å². The first-order valence-corrected chi connectivity index (χ1v) is 12.6. The Hall–Kier alpha value is -3.75. The Bertz CT molecular complexity index is 1140. The molecule has 1 atom stereocenters. The van der Waals surface area contributed by atoms with E-state index in [-0.39, 0.29) is 18.5 Å². The summed E-state index contributed by atoms with van der Waals surface area (Å²) in [5.74, 6) is 0.190. The first-order chi connectivity index (χ1) is 17.8. The SMILES string of the molecule is COC(=O)C(Cc1cc(C)c(OC)c(C)c1)OC(=O)N1CCC(N2CCc3ccccc3NC2=O)CC1. The molecule has 4 rings (SSSR count). The van der Waals surface area contributed by atoms with Crippen LogP contribution in [0.25, 0.3) is 0 Å². The van der Waals surface area contributed by atoms with Gasteiger partial charge in [-0.25, -0.2) is 14.4 Å². The molecule has 2 heterocycles. The molecule has 0 radical (unpaired) electrons. The van der Waals surface area contributed by atoms with Gasteiger partial charge in [0.25, 0.3) is 0 Å². The number of nitrogens with zero attached hydrogens (tertiary/aromatic N) is 2. The van der Waals surface area contributed by atoms with E-state index in [2.05, 4.69) is 5.32 Å². The second kappa shape index (κ2) is 11.5. The number of methoxy groups -OCH3 is 2. The fourth-order valence-electron chi connectivity index (χ4n) is 5.29. The van der Waals surface area contributed by atoms with Crippen LogP contribution in [0.2, 0.25) is 0 Å². The summed E-state index contributed by atoms with van der Waals surface area (Å²) in [7, 11) is 2.90. The maximum atomic E-state index is 13.0. The second-order valence-electron chi connectivity index (χ2n) is 9.61. The molecule has 198 valence electrons. The van der Waals surface area contributed by atoms with Gasteiger partial charge in [0.05, 0.1) is 14.2 Å². The number of ether oxygens (including phenoxy) is 3. The highest BCUT2D eigenvalue weighted by molar-refractivity contribution is 5.91. The lowest BCUT2D eigenvalue weighted by molar-refractivity contribution is -0.151. The van der Waals surface area contributed by atoms with Gasteiger partial charge in [-0.05, 0) is 61.4 Å². The molecule has 9 heteroatoms. The Morgan fingerprint density at radius 3 is 2.38 bits per heavy atom. The summed E-state index contributed by atoms with van der Waals surface area (Å²) in [6.45, 7) is 5.37. The number of rotatable bonds is 6. The topological polar surface area (TPSA) is 97.4 Å². The summed E-state index contributed by atoms with van der Waals surface area (Å²) >= 11 is 0. The molecule has 0 bridgehead atoms. The monoisotopic (exact) mass is 509 g/mol. The van der Waals surface area contributed by atoms with Gasteiger partial charge in [0.15, 0.2) is 0 Å². The number of hydrogen-bond donors (Lipinski definition) is 1. The average Bonchev–Trinajstić information content (AvgIpc) is 3.05. The lowest BCUT2D eigenvalue weighted by Crippen LogP contribution is -2.50. The van der Waals surface area contributed by atoms with Gasteiger partial charge in [-0.2, -0.15) is 0 Å². The van der Waals surface area contributed by atoms with E-state index in [1.54, 1.807) is 12.0 Å². The molecule has 0 aromatic heterocycles. The average molecular weight is 510 g/mol. The minimum Gasteiger partial charge on any atom is -0.496 e. The summed E-state index contributed by atoms with van der Waals surface area (Å²) in [4.78, 5) is 41.8. The van der Waals surface area contributed by atoms with E-state index in [1.807, 2.05) is 55.1 Å². The number of hydrogen-bond acceptors (Lipinski definition) is 6. The van der Waals surface area contributed by atoms with E-state index in [9.17, 15) is 14.4 Å². The molecule has 37 heavy (non-hydrogen) atoms. The zero-order chi connectivity index (χ0) is 26.5. The van der Waals surface area contributed by atoms with Crippen molar-refractivity contribution in [3.63, 3.8) is 0 Å². The molecule has 2 aliphatic heterocycles. The molecule has 1 saturated heterocycles. The number of anilines is 1. The molecule has 0 spiro atoms. The van der Waals surface area contributed by atoms with Crippen LogP contribution in [-0.2, 0) is 27.1 Å². The van der Waals surface area contributed by atoms with Crippen molar-refractivity contribution in [2.75, 3.05) is 39.2 Å². The highest BCUT2D eigenvalue weighted by atomic mass is 16.6. The zero-order valence-corrected chi connectivity index (χ0v) is 21.9. The summed E-state index contributed by atoms with van der Waals surface area (Å²) in [5.41, 5.74) is 4.71. The fraction of sp³-hybridized carbons (Fsp3) is 0.464. The van der Waals surface area contributed by atoms with Crippen LogP contribution in [0.4, 0.5) is 15.3 Å². The number of fused-ring (bicyclic) bond motifs is 1. The highest BCUT2D eigenvalue weighted by Gasteiger charge is 2.33. The summed E-state index contributed by atoms with van der Waals surface area (Å²) < 4.78 is 16.0. The standard InChI is InChI=1S/C28H35N3O6/c1-18-15-20(16-19(2)25(18)35-3)17-24(26(32)36-4)37-28(34)30-12-10-22(11-13-30)31-14-9-21-7-5-6-8-23(21)29-27(31)33/h5-8,15-16,22,24H,9-14,17H2,1-4H3,(H,29,33). The first-order valence-electron chi connectivity index (χ1n) is 12.6. The number of benzene rings is 2. The number of para-hydroxylation sites is 1. The maximum absolute atomic E-state index is 13.0. The van der Waals surface area contributed by atoms with Crippen LogP contribution in [0.3, 0.4) is 0 Å². The normalized spacial score (nSPS) is 16.8. The minimum absolute atomic E-state index is 0.0278. The molecular weight excluding hydrogens is 474 g/mol. The fourth-order valence-corrected chi connectivity index (χ4v) is 5.29. The quantitative estimate of drug-likeness (QED) is 0.590. The molecule has 2 aromatic carbocycles. The Labute approximate surface area is 217 Å². The van der Waals surface area contributed by atoms with Crippen LogP contribution in [0.5, 0.6) is 5.75 Å². The summed E-state index contributed by atoms with van der Waals surface area (Å²) in [6, 6.07) is 11.6. The van der Waals surface area contributed by atoms with Crippen LogP contribution in [0.1, 0.15) is 35.1 Å². The van der Waals surface area contributed by atoms with Crippen LogP contribution >= 0.6 is 0 Å². The van der Waals surface area contributed by atoms with Gasteiger partial charge in [-0.15, -0.1) is 0 Å². The molecule has 1 N–H and O–H groups in total. The number of urea groups is 1. The van der Waals surface area contributed by atoms with E-state index in [0.717, 1.165) is 40.1 Å². The number of amides is 3. The molecule has 3 amide bonds. The largest absolute Gasteiger partial charge is 0.496 e. The minimum atomic E-state index is -1.06. The lowest BCUT2D eigenvalue weighted by atomic mass is 10.0. The van der Waals surface area contributed by atoms with Crippen molar-refractivity contribution in [2.45, 2.75) is 51.7 Å². The summed E-state index contributed by atoms with van der Waals surface area (Å²) in [5, 5.41) is 3.01. The van der Waals surface area contributed by atoms with Crippen molar-refractivity contribution in [3.05, 3.63) is 58.7 Å². The molecule has 9 nitrogen and oxygen atoms in total. The van der Waals surface area contributed by atoms with Crippen molar-refractivity contribution in [2.24, 2.45) is 0 Å². The van der Waals surface area contributed by atoms with Crippen molar-refractivity contribution >= 4 is 23.8 Å². The molecule has 0 saturated carbocycles.